The molecule has 0 aliphatic rings. The third-order valence-electron chi connectivity index (χ3n) is 5.97. The maximum absolute atomic E-state index is 13.4. The number of amides is 2. The second-order valence-electron chi connectivity index (χ2n) is 9.40. The highest BCUT2D eigenvalue weighted by Crippen LogP contribution is 2.22. The average Bonchev–Trinajstić information content (AvgIpc) is 2.83. The van der Waals surface area contributed by atoms with Crippen molar-refractivity contribution >= 4 is 27.5 Å². The lowest BCUT2D eigenvalue weighted by molar-refractivity contribution is -0.140. The summed E-state index contributed by atoms with van der Waals surface area (Å²) in [6.07, 6.45) is 1.56. The summed E-state index contributed by atoms with van der Waals surface area (Å²) < 4.78 is 31.3. The Hall–Kier alpha value is -3.07. The summed E-state index contributed by atoms with van der Waals surface area (Å²) in [4.78, 5) is 27.8. The SMILES string of the molecule is COc1ccc(N(CCCC(=O)N(Cc2ccccc2C)[C@@H](C)C(=O)NCC(C)C)S(C)(=O)=O)cc1. The van der Waals surface area contributed by atoms with E-state index in [9.17, 15) is 18.0 Å². The van der Waals surface area contributed by atoms with Gasteiger partial charge >= 0.3 is 0 Å². The molecule has 0 radical (unpaired) electrons. The zero-order valence-corrected chi connectivity index (χ0v) is 23.0. The molecule has 2 rings (SSSR count). The van der Waals surface area contributed by atoms with E-state index in [1.807, 2.05) is 45.0 Å². The van der Waals surface area contributed by atoms with Gasteiger partial charge in [0.2, 0.25) is 21.8 Å². The van der Waals surface area contributed by atoms with Gasteiger partial charge in [-0.2, -0.15) is 0 Å². The highest BCUT2D eigenvalue weighted by Gasteiger charge is 2.27. The van der Waals surface area contributed by atoms with Gasteiger partial charge in [0.15, 0.2) is 0 Å². The van der Waals surface area contributed by atoms with E-state index in [-0.39, 0.29) is 24.8 Å². The van der Waals surface area contributed by atoms with Crippen molar-refractivity contribution in [3.05, 3.63) is 59.7 Å². The Kier molecular flexibility index (Phi) is 10.8. The fraction of sp³-hybridized carbons (Fsp3) is 0.481. The lowest BCUT2D eigenvalue weighted by Gasteiger charge is -2.30. The number of anilines is 1. The summed E-state index contributed by atoms with van der Waals surface area (Å²) in [5.41, 5.74) is 2.50. The number of carbonyl (C=O) groups excluding carboxylic acids is 2. The molecule has 198 valence electrons. The highest BCUT2D eigenvalue weighted by molar-refractivity contribution is 7.92. The number of aryl methyl sites for hydroxylation is 1. The normalized spacial score (nSPS) is 12.2. The predicted octanol–water partition coefficient (Wildman–Crippen LogP) is 3.74. The Labute approximate surface area is 215 Å². The van der Waals surface area contributed by atoms with Gasteiger partial charge < -0.3 is 15.0 Å². The number of hydrogen-bond donors (Lipinski definition) is 1. The minimum atomic E-state index is -3.55. The van der Waals surface area contributed by atoms with Crippen molar-refractivity contribution in [1.82, 2.24) is 10.2 Å². The van der Waals surface area contributed by atoms with Crippen molar-refractivity contribution in [2.75, 3.05) is 30.8 Å². The Morgan fingerprint density at radius 3 is 2.22 bits per heavy atom. The monoisotopic (exact) mass is 517 g/mol. The first-order valence-electron chi connectivity index (χ1n) is 12.2. The number of methoxy groups -OCH3 is 1. The summed E-state index contributed by atoms with van der Waals surface area (Å²) in [5.74, 6) is 0.510. The number of carbonyl (C=O) groups is 2. The number of benzene rings is 2. The molecule has 36 heavy (non-hydrogen) atoms. The van der Waals surface area contributed by atoms with E-state index in [1.165, 1.54) is 4.31 Å². The van der Waals surface area contributed by atoms with Crippen LogP contribution in [0.5, 0.6) is 5.75 Å². The van der Waals surface area contributed by atoms with E-state index < -0.39 is 16.1 Å². The molecule has 0 bridgehead atoms. The quantitative estimate of drug-likeness (QED) is 0.437. The van der Waals surface area contributed by atoms with Crippen molar-refractivity contribution in [3.63, 3.8) is 0 Å². The van der Waals surface area contributed by atoms with Gasteiger partial charge in [-0.1, -0.05) is 38.1 Å². The molecule has 0 saturated carbocycles. The van der Waals surface area contributed by atoms with Crippen LogP contribution in [-0.4, -0.2) is 57.6 Å². The van der Waals surface area contributed by atoms with Crippen molar-refractivity contribution in [3.8, 4) is 5.75 Å². The predicted molar refractivity (Wildman–Crippen MR) is 143 cm³/mol. The van der Waals surface area contributed by atoms with Crippen molar-refractivity contribution < 1.29 is 22.7 Å². The molecular weight excluding hydrogens is 478 g/mol. The van der Waals surface area contributed by atoms with Crippen LogP contribution >= 0.6 is 0 Å². The fourth-order valence-electron chi connectivity index (χ4n) is 3.76. The van der Waals surface area contributed by atoms with Crippen molar-refractivity contribution in [2.45, 2.75) is 53.1 Å². The summed E-state index contributed by atoms with van der Waals surface area (Å²) in [7, 11) is -2.01. The maximum atomic E-state index is 13.4. The molecule has 1 atom stereocenters. The summed E-state index contributed by atoms with van der Waals surface area (Å²) in [5, 5.41) is 2.91. The molecule has 2 aromatic carbocycles. The number of rotatable bonds is 13. The van der Waals surface area contributed by atoms with Gasteiger partial charge in [-0.05, 0) is 61.6 Å². The van der Waals surface area contributed by atoms with Crippen LogP contribution < -0.4 is 14.4 Å². The van der Waals surface area contributed by atoms with Gasteiger partial charge in [0.1, 0.15) is 11.8 Å². The van der Waals surface area contributed by atoms with Crippen molar-refractivity contribution in [1.29, 1.82) is 0 Å². The molecule has 0 aliphatic carbocycles. The third-order valence-corrected chi connectivity index (χ3v) is 7.16. The van der Waals surface area contributed by atoms with Crippen LogP contribution in [0.3, 0.4) is 0 Å². The summed E-state index contributed by atoms with van der Waals surface area (Å²) in [6.45, 7) is 8.70. The van der Waals surface area contributed by atoms with E-state index in [0.29, 0.717) is 36.9 Å². The highest BCUT2D eigenvalue weighted by atomic mass is 32.2. The molecule has 8 nitrogen and oxygen atoms in total. The van der Waals surface area contributed by atoms with Crippen LogP contribution in [0.2, 0.25) is 0 Å². The van der Waals surface area contributed by atoms with Crippen LogP contribution in [0.1, 0.15) is 44.7 Å². The molecule has 0 aromatic heterocycles. The molecular formula is C27H39N3O5S. The second-order valence-corrected chi connectivity index (χ2v) is 11.3. The van der Waals surface area contributed by atoms with Gasteiger partial charge in [0.05, 0.1) is 19.1 Å². The lowest BCUT2D eigenvalue weighted by atomic mass is 10.1. The molecule has 1 N–H and O–H groups in total. The van der Waals surface area contributed by atoms with Gasteiger partial charge in [-0.3, -0.25) is 13.9 Å². The molecule has 0 unspecified atom stereocenters. The average molecular weight is 518 g/mol. The Morgan fingerprint density at radius 1 is 1.03 bits per heavy atom. The number of hydrogen-bond acceptors (Lipinski definition) is 5. The number of sulfonamides is 1. The molecule has 0 fully saturated rings. The van der Waals surface area contributed by atoms with E-state index in [0.717, 1.165) is 17.4 Å². The number of nitrogens with one attached hydrogen (secondary N) is 1. The summed E-state index contributed by atoms with van der Waals surface area (Å²) >= 11 is 0. The van der Waals surface area contributed by atoms with Gasteiger partial charge in [-0.15, -0.1) is 0 Å². The topological polar surface area (TPSA) is 96.0 Å². The van der Waals surface area contributed by atoms with E-state index in [1.54, 1.807) is 43.2 Å². The minimum Gasteiger partial charge on any atom is -0.497 e. The molecule has 0 saturated heterocycles. The van der Waals surface area contributed by atoms with E-state index in [2.05, 4.69) is 5.32 Å². The number of ether oxygens (including phenoxy) is 1. The van der Waals surface area contributed by atoms with E-state index >= 15 is 0 Å². The first-order chi connectivity index (χ1) is 16.9. The Balaban J connectivity index is 2.16. The second kappa shape index (κ2) is 13.3. The van der Waals surface area contributed by atoms with Crippen LogP contribution in [0.15, 0.2) is 48.5 Å². The molecule has 0 heterocycles. The maximum Gasteiger partial charge on any atom is 0.242 e. The smallest absolute Gasteiger partial charge is 0.242 e. The third kappa shape index (κ3) is 8.55. The molecule has 0 aliphatic heterocycles. The zero-order valence-electron chi connectivity index (χ0n) is 22.2. The zero-order chi connectivity index (χ0) is 26.9. The van der Waals surface area contributed by atoms with Gasteiger partial charge in [0, 0.05) is 26.1 Å². The molecule has 2 aromatic rings. The van der Waals surface area contributed by atoms with Crippen molar-refractivity contribution in [2.24, 2.45) is 5.92 Å². The molecule has 2 amide bonds. The fourth-order valence-corrected chi connectivity index (χ4v) is 4.72. The van der Waals surface area contributed by atoms with Crippen LogP contribution in [0.25, 0.3) is 0 Å². The first-order valence-corrected chi connectivity index (χ1v) is 14.0. The first kappa shape index (κ1) is 29.2. The molecule has 0 spiro atoms. The Morgan fingerprint density at radius 2 is 1.67 bits per heavy atom. The standard InChI is InChI=1S/C27H39N3O5S/c1-20(2)18-28-27(32)22(4)29(19-23-11-8-7-10-21(23)3)26(31)12-9-17-30(36(6,33)34)24-13-15-25(35-5)16-14-24/h7-8,10-11,13-16,20,22H,9,12,17-19H2,1-6H3,(H,28,32)/t22-/m0/s1. The lowest BCUT2D eigenvalue weighted by Crippen LogP contribution is -2.48. The minimum absolute atomic E-state index is 0.107. The largest absolute Gasteiger partial charge is 0.497 e. The van der Waals surface area contributed by atoms with Crippen LogP contribution in [0.4, 0.5) is 5.69 Å². The molecule has 9 heteroatoms. The van der Waals surface area contributed by atoms with Crippen LogP contribution in [0, 0.1) is 12.8 Å². The van der Waals surface area contributed by atoms with E-state index in [4.69, 9.17) is 4.74 Å². The summed E-state index contributed by atoms with van der Waals surface area (Å²) in [6, 6.07) is 13.8. The Bertz CT molecular complexity index is 1120. The van der Waals surface area contributed by atoms with Gasteiger partial charge in [0.25, 0.3) is 0 Å². The van der Waals surface area contributed by atoms with Gasteiger partial charge in [-0.25, -0.2) is 8.42 Å². The van der Waals surface area contributed by atoms with Crippen LogP contribution in [-0.2, 0) is 26.2 Å². The number of nitrogens with zero attached hydrogens (tertiary/aromatic N) is 2.